The van der Waals surface area contributed by atoms with Gasteiger partial charge < -0.3 is 15.0 Å². The van der Waals surface area contributed by atoms with Crippen LogP contribution in [0.25, 0.3) is 11.4 Å². The van der Waals surface area contributed by atoms with Gasteiger partial charge in [0.15, 0.2) is 0 Å². The van der Waals surface area contributed by atoms with E-state index in [0.717, 1.165) is 16.3 Å². The Labute approximate surface area is 153 Å². The van der Waals surface area contributed by atoms with E-state index in [0.29, 0.717) is 30.0 Å². The van der Waals surface area contributed by atoms with Crippen molar-refractivity contribution in [3.05, 3.63) is 51.3 Å². The van der Waals surface area contributed by atoms with Crippen LogP contribution in [-0.4, -0.2) is 27.2 Å². The molecule has 0 aliphatic carbocycles. The van der Waals surface area contributed by atoms with Gasteiger partial charge in [-0.15, -0.1) is 11.3 Å². The molecule has 3 rings (SSSR count). The number of esters is 1. The molecule has 2 N–H and O–H groups in total. The van der Waals surface area contributed by atoms with Gasteiger partial charge in [0.1, 0.15) is 16.3 Å². The number of rotatable bonds is 5. The number of nitrogens with zero attached hydrogens (tertiary/aromatic N) is 3. The second kappa shape index (κ2) is 7.44. The van der Waals surface area contributed by atoms with Gasteiger partial charge in [0.25, 0.3) is 0 Å². The summed E-state index contributed by atoms with van der Waals surface area (Å²) in [7, 11) is 0. The first-order valence-corrected chi connectivity index (χ1v) is 8.62. The van der Waals surface area contributed by atoms with Crippen LogP contribution in [0.2, 0.25) is 0 Å². The number of carbonyl (C=O) groups excluding carboxylic acids is 2. The molecule has 0 aliphatic rings. The first kappa shape index (κ1) is 17.7. The van der Waals surface area contributed by atoms with E-state index in [2.05, 4.69) is 19.9 Å². The summed E-state index contributed by atoms with van der Waals surface area (Å²) in [6.07, 6.45) is 1.77. The quantitative estimate of drug-likeness (QED) is 0.540. The fourth-order valence-electron chi connectivity index (χ4n) is 2.51. The van der Waals surface area contributed by atoms with Crippen LogP contribution in [0, 0.1) is 13.8 Å². The smallest absolute Gasteiger partial charge is 0.372 e. The maximum absolute atomic E-state index is 11.8. The molecule has 0 aliphatic heterocycles. The van der Waals surface area contributed by atoms with Crippen LogP contribution in [0.1, 0.15) is 31.7 Å². The molecule has 8 nitrogen and oxygen atoms in total. The summed E-state index contributed by atoms with van der Waals surface area (Å²) in [4.78, 5) is 31.5. The van der Waals surface area contributed by atoms with Crippen molar-refractivity contribution in [1.29, 1.82) is 0 Å². The molecule has 0 fully saturated rings. The Kier molecular flexibility index (Phi) is 5.08. The number of carbonyl (C=O) groups is 2. The number of aryl methyl sites for hydroxylation is 3. The fraction of sp³-hybridized carbons (Fsp3) is 0.235. The molecular weight excluding hydrogens is 356 g/mol. The van der Waals surface area contributed by atoms with Crippen molar-refractivity contribution < 1.29 is 18.8 Å². The zero-order valence-electron chi connectivity index (χ0n) is 14.2. The third kappa shape index (κ3) is 3.77. The zero-order valence-corrected chi connectivity index (χ0v) is 15.0. The van der Waals surface area contributed by atoms with Gasteiger partial charge in [0.05, 0.1) is 16.4 Å². The first-order chi connectivity index (χ1) is 12.5. The molecule has 134 valence electrons. The van der Waals surface area contributed by atoms with Gasteiger partial charge in [-0.05, 0) is 32.4 Å². The highest BCUT2D eigenvalue weighted by Gasteiger charge is 2.20. The molecule has 0 unspecified atom stereocenters. The van der Waals surface area contributed by atoms with Gasteiger partial charge in [-0.3, -0.25) is 4.98 Å². The molecule has 3 aromatic rings. The highest BCUT2D eigenvalue weighted by molar-refractivity contribution is 7.13. The van der Waals surface area contributed by atoms with E-state index in [1.807, 2.05) is 25.1 Å². The Hall–Kier alpha value is -3.07. The molecule has 0 spiro atoms. The minimum Gasteiger partial charge on any atom is -0.372 e. The molecule has 1 amide bonds. The Bertz CT molecular complexity index is 949. The third-order valence-electron chi connectivity index (χ3n) is 3.70. The third-order valence-corrected chi connectivity index (χ3v) is 4.90. The first-order valence-electron chi connectivity index (χ1n) is 7.80. The van der Waals surface area contributed by atoms with Crippen molar-refractivity contribution in [3.63, 3.8) is 0 Å². The second-order valence-electron chi connectivity index (χ2n) is 5.51. The summed E-state index contributed by atoms with van der Waals surface area (Å²) < 4.78 is 9.73. The SMILES string of the molecule is Cc1nc(CCc2c(-c3ccccn3)noc2C)sc1C(=O)OC(N)=O. The second-order valence-corrected chi connectivity index (χ2v) is 6.60. The summed E-state index contributed by atoms with van der Waals surface area (Å²) in [5.41, 5.74) is 7.76. The molecule has 0 bridgehead atoms. The van der Waals surface area contributed by atoms with Crippen molar-refractivity contribution in [1.82, 2.24) is 15.1 Å². The van der Waals surface area contributed by atoms with Crippen molar-refractivity contribution in [2.24, 2.45) is 5.73 Å². The molecule has 3 heterocycles. The zero-order chi connectivity index (χ0) is 18.7. The Balaban J connectivity index is 1.78. The Morgan fingerprint density at radius 1 is 1.27 bits per heavy atom. The van der Waals surface area contributed by atoms with E-state index < -0.39 is 12.1 Å². The van der Waals surface area contributed by atoms with Gasteiger partial charge in [-0.1, -0.05) is 11.2 Å². The summed E-state index contributed by atoms with van der Waals surface area (Å²) in [6.45, 7) is 3.53. The molecule has 0 aromatic carbocycles. The van der Waals surface area contributed by atoms with E-state index in [9.17, 15) is 9.59 Å². The monoisotopic (exact) mass is 372 g/mol. The predicted molar refractivity (Wildman–Crippen MR) is 93.7 cm³/mol. The number of ether oxygens (including phenoxy) is 1. The van der Waals surface area contributed by atoms with Crippen LogP contribution < -0.4 is 5.73 Å². The topological polar surface area (TPSA) is 121 Å². The van der Waals surface area contributed by atoms with Gasteiger partial charge in [-0.25, -0.2) is 14.6 Å². The summed E-state index contributed by atoms with van der Waals surface area (Å²) in [6, 6.07) is 5.59. The number of thiazole rings is 1. The number of nitrogens with two attached hydrogens (primary N) is 1. The van der Waals surface area contributed by atoms with Crippen LogP contribution in [0.4, 0.5) is 4.79 Å². The predicted octanol–water partition coefficient (Wildman–Crippen LogP) is 2.83. The van der Waals surface area contributed by atoms with Crippen LogP contribution >= 0.6 is 11.3 Å². The number of aromatic nitrogens is 3. The van der Waals surface area contributed by atoms with Crippen LogP contribution in [0.15, 0.2) is 28.9 Å². The molecule has 3 aromatic heterocycles. The minimum absolute atomic E-state index is 0.269. The minimum atomic E-state index is -1.13. The Morgan fingerprint density at radius 3 is 2.77 bits per heavy atom. The number of pyridine rings is 1. The lowest BCUT2D eigenvalue weighted by Crippen LogP contribution is -2.18. The Morgan fingerprint density at radius 2 is 2.08 bits per heavy atom. The average Bonchev–Trinajstić information content (AvgIpc) is 3.16. The summed E-state index contributed by atoms with van der Waals surface area (Å²) in [5.74, 6) is -0.0682. The number of hydrogen-bond donors (Lipinski definition) is 1. The number of hydrogen-bond acceptors (Lipinski definition) is 8. The van der Waals surface area contributed by atoms with E-state index in [1.165, 1.54) is 11.3 Å². The highest BCUT2D eigenvalue weighted by Crippen LogP contribution is 2.26. The van der Waals surface area contributed by atoms with Crippen molar-refractivity contribution in [2.75, 3.05) is 0 Å². The van der Waals surface area contributed by atoms with Crippen molar-refractivity contribution in [2.45, 2.75) is 26.7 Å². The molecular formula is C17H16N4O4S. The maximum Gasteiger partial charge on any atom is 0.412 e. The van der Waals surface area contributed by atoms with Gasteiger partial charge in [0.2, 0.25) is 0 Å². The molecule has 0 saturated heterocycles. The lowest BCUT2D eigenvalue weighted by atomic mass is 10.1. The summed E-state index contributed by atoms with van der Waals surface area (Å²) in [5, 5.41) is 4.84. The van der Waals surface area contributed by atoms with Gasteiger partial charge in [0, 0.05) is 18.2 Å². The molecule has 0 atom stereocenters. The molecule has 0 radical (unpaired) electrons. The average molecular weight is 372 g/mol. The van der Waals surface area contributed by atoms with E-state index >= 15 is 0 Å². The van der Waals surface area contributed by atoms with Crippen LogP contribution in [-0.2, 0) is 17.6 Å². The fourth-order valence-corrected chi connectivity index (χ4v) is 3.45. The lowest BCUT2D eigenvalue weighted by molar-refractivity contribution is 0.0642. The largest absolute Gasteiger partial charge is 0.412 e. The number of primary amides is 1. The molecule has 0 saturated carbocycles. The van der Waals surface area contributed by atoms with E-state index in [1.54, 1.807) is 13.1 Å². The summed E-state index contributed by atoms with van der Waals surface area (Å²) >= 11 is 1.18. The normalized spacial score (nSPS) is 10.7. The van der Waals surface area contributed by atoms with Crippen molar-refractivity contribution >= 4 is 23.4 Å². The molecule has 9 heteroatoms. The van der Waals surface area contributed by atoms with Crippen LogP contribution in [0.5, 0.6) is 0 Å². The van der Waals surface area contributed by atoms with E-state index in [-0.39, 0.29) is 4.88 Å². The van der Waals surface area contributed by atoms with Crippen LogP contribution in [0.3, 0.4) is 0 Å². The maximum atomic E-state index is 11.8. The van der Waals surface area contributed by atoms with Crippen molar-refractivity contribution in [3.8, 4) is 11.4 Å². The highest BCUT2D eigenvalue weighted by atomic mass is 32.1. The lowest BCUT2D eigenvalue weighted by Gasteiger charge is -2.01. The van der Waals surface area contributed by atoms with Gasteiger partial charge >= 0.3 is 12.1 Å². The van der Waals surface area contributed by atoms with Gasteiger partial charge in [-0.2, -0.15) is 0 Å². The van der Waals surface area contributed by atoms with E-state index in [4.69, 9.17) is 10.3 Å². The molecule has 26 heavy (non-hydrogen) atoms. The number of amides is 1. The standard InChI is InChI=1S/C17H16N4O4S/c1-9-15(16(22)24-17(18)23)26-13(20-9)7-6-11-10(2)25-21-14(11)12-5-3-4-8-19-12/h3-5,8H,6-7H2,1-2H3,(H2,18,23).